The van der Waals surface area contributed by atoms with Gasteiger partial charge in [0.25, 0.3) is 11.6 Å². The molecule has 1 amide bonds. The maximum Gasteiger partial charge on any atom is 0.282 e. The Morgan fingerprint density at radius 3 is 2.82 bits per heavy atom. The van der Waals surface area contributed by atoms with Gasteiger partial charge in [0.05, 0.1) is 12.0 Å². The molecule has 0 saturated heterocycles. The molecule has 1 aliphatic carbocycles. The minimum Gasteiger partial charge on any atom is -0.497 e. The Hall–Kier alpha value is -3.75. The summed E-state index contributed by atoms with van der Waals surface area (Å²) in [5.74, 6) is 1.63. The fraction of sp³-hybridized carbons (Fsp3) is 0.211. The van der Waals surface area contributed by atoms with Crippen molar-refractivity contribution >= 4 is 17.3 Å². The van der Waals surface area contributed by atoms with Crippen molar-refractivity contribution in [3.63, 3.8) is 0 Å². The summed E-state index contributed by atoms with van der Waals surface area (Å²) in [6.07, 6.45) is 2.23. The van der Waals surface area contributed by atoms with Crippen molar-refractivity contribution in [1.82, 2.24) is 15.2 Å². The van der Waals surface area contributed by atoms with E-state index in [0.29, 0.717) is 23.2 Å². The Labute approximate surface area is 159 Å². The van der Waals surface area contributed by atoms with Crippen LogP contribution in [0.2, 0.25) is 0 Å². The number of carbonyl (C=O) groups is 1. The van der Waals surface area contributed by atoms with Gasteiger partial charge in [-0.15, -0.1) is 0 Å². The predicted octanol–water partition coefficient (Wildman–Crippen LogP) is 3.52. The first-order valence-electron chi connectivity index (χ1n) is 8.71. The zero-order valence-electron chi connectivity index (χ0n) is 15.0. The zero-order valence-corrected chi connectivity index (χ0v) is 15.0. The fourth-order valence-electron chi connectivity index (χ4n) is 2.86. The molecule has 0 spiro atoms. The van der Waals surface area contributed by atoms with Gasteiger partial charge in [0.2, 0.25) is 0 Å². The number of aromatic nitrogens is 3. The van der Waals surface area contributed by atoms with E-state index in [1.54, 1.807) is 18.2 Å². The summed E-state index contributed by atoms with van der Waals surface area (Å²) >= 11 is 0. The van der Waals surface area contributed by atoms with Gasteiger partial charge in [-0.25, -0.2) is 4.98 Å². The van der Waals surface area contributed by atoms with E-state index in [0.717, 1.165) is 24.2 Å². The van der Waals surface area contributed by atoms with Crippen LogP contribution in [0, 0.1) is 10.1 Å². The third-order valence-corrected chi connectivity index (χ3v) is 4.49. The molecule has 3 aromatic rings. The van der Waals surface area contributed by atoms with Crippen LogP contribution in [-0.4, -0.2) is 33.1 Å². The van der Waals surface area contributed by atoms with Gasteiger partial charge in [-0.2, -0.15) is 5.10 Å². The van der Waals surface area contributed by atoms with Crippen LogP contribution in [-0.2, 0) is 0 Å². The number of H-pyrrole nitrogens is 1. The summed E-state index contributed by atoms with van der Waals surface area (Å²) in [5, 5.41) is 21.1. The van der Waals surface area contributed by atoms with E-state index in [9.17, 15) is 14.9 Å². The Bertz CT molecular complexity index is 1060. The van der Waals surface area contributed by atoms with Crippen molar-refractivity contribution < 1.29 is 14.5 Å². The lowest BCUT2D eigenvalue weighted by atomic mass is 10.1. The second kappa shape index (κ2) is 7.10. The molecule has 1 heterocycles. The van der Waals surface area contributed by atoms with Crippen LogP contribution in [0.3, 0.4) is 0 Å². The fourth-order valence-corrected chi connectivity index (χ4v) is 2.86. The number of nitro groups is 1. The lowest BCUT2D eigenvalue weighted by Gasteiger charge is -2.08. The molecule has 0 unspecified atom stereocenters. The van der Waals surface area contributed by atoms with Crippen LogP contribution in [0.5, 0.6) is 5.75 Å². The Morgan fingerprint density at radius 1 is 1.29 bits per heavy atom. The molecule has 0 atom stereocenters. The smallest absolute Gasteiger partial charge is 0.282 e. The first-order valence-corrected chi connectivity index (χ1v) is 8.71. The molecule has 9 heteroatoms. The van der Waals surface area contributed by atoms with Gasteiger partial charge < -0.3 is 10.1 Å². The zero-order chi connectivity index (χ0) is 19.7. The highest BCUT2D eigenvalue weighted by atomic mass is 16.6. The van der Waals surface area contributed by atoms with E-state index < -0.39 is 10.8 Å². The molecular formula is C19H17N5O4. The summed E-state index contributed by atoms with van der Waals surface area (Å²) in [6.45, 7) is 0. The van der Waals surface area contributed by atoms with Gasteiger partial charge in [0.1, 0.15) is 17.1 Å². The lowest BCUT2D eigenvalue weighted by molar-refractivity contribution is -0.385. The molecule has 1 fully saturated rings. The monoisotopic (exact) mass is 379 g/mol. The third-order valence-electron chi connectivity index (χ3n) is 4.49. The number of aromatic amines is 1. The molecule has 2 aromatic carbocycles. The van der Waals surface area contributed by atoms with Gasteiger partial charge in [-0.05, 0) is 37.1 Å². The summed E-state index contributed by atoms with van der Waals surface area (Å²) in [5.41, 5.74) is 0.847. The van der Waals surface area contributed by atoms with Crippen LogP contribution in [0.15, 0.2) is 42.5 Å². The normalized spacial score (nSPS) is 13.2. The van der Waals surface area contributed by atoms with E-state index in [4.69, 9.17) is 4.74 Å². The van der Waals surface area contributed by atoms with E-state index in [2.05, 4.69) is 20.5 Å². The molecule has 0 bridgehead atoms. The second-order valence-corrected chi connectivity index (χ2v) is 6.49. The van der Waals surface area contributed by atoms with Gasteiger partial charge in [0.15, 0.2) is 5.82 Å². The minimum atomic E-state index is -0.601. The third kappa shape index (κ3) is 3.54. The second-order valence-electron chi connectivity index (χ2n) is 6.49. The number of hydrogen-bond donors (Lipinski definition) is 2. The van der Waals surface area contributed by atoms with Crippen LogP contribution >= 0.6 is 0 Å². The minimum absolute atomic E-state index is 0.0799. The van der Waals surface area contributed by atoms with E-state index in [1.165, 1.54) is 25.3 Å². The Balaban J connectivity index is 1.59. The van der Waals surface area contributed by atoms with E-state index in [1.807, 2.05) is 6.07 Å². The molecule has 1 aromatic heterocycles. The number of amides is 1. The highest BCUT2D eigenvalue weighted by Gasteiger charge is 2.27. The number of methoxy groups -OCH3 is 1. The number of ether oxygens (including phenoxy) is 1. The summed E-state index contributed by atoms with van der Waals surface area (Å²) < 4.78 is 5.07. The average molecular weight is 379 g/mol. The Kier molecular flexibility index (Phi) is 4.48. The quantitative estimate of drug-likeness (QED) is 0.499. The average Bonchev–Trinajstić information content (AvgIpc) is 3.44. The standard InChI is InChI=1S/C19H17N5O4/c1-28-14-7-8-16(24(26)27)15(10-14)19(25)20-13-4-2-3-12(9-13)18-21-17(22-23-18)11-5-6-11/h2-4,7-11H,5-6H2,1H3,(H,20,25)(H,21,22,23). The molecule has 142 valence electrons. The van der Waals surface area contributed by atoms with Crippen molar-refractivity contribution in [3.05, 3.63) is 64.0 Å². The van der Waals surface area contributed by atoms with Crippen LogP contribution in [0.4, 0.5) is 11.4 Å². The summed E-state index contributed by atoms with van der Waals surface area (Å²) in [6, 6.07) is 11.1. The highest BCUT2D eigenvalue weighted by Crippen LogP contribution is 2.38. The molecule has 0 aliphatic heterocycles. The number of benzene rings is 2. The highest BCUT2D eigenvalue weighted by molar-refractivity contribution is 6.07. The molecule has 0 radical (unpaired) electrons. The molecular weight excluding hydrogens is 362 g/mol. The van der Waals surface area contributed by atoms with Gasteiger partial charge in [-0.1, -0.05) is 12.1 Å². The number of carbonyl (C=O) groups excluding carboxylic acids is 1. The largest absolute Gasteiger partial charge is 0.497 e. The molecule has 9 nitrogen and oxygen atoms in total. The van der Waals surface area contributed by atoms with Crippen molar-refractivity contribution in [2.75, 3.05) is 12.4 Å². The number of nitro benzene ring substituents is 1. The van der Waals surface area contributed by atoms with Crippen molar-refractivity contribution in [3.8, 4) is 17.1 Å². The van der Waals surface area contributed by atoms with Crippen molar-refractivity contribution in [2.24, 2.45) is 0 Å². The van der Waals surface area contributed by atoms with E-state index in [-0.39, 0.29) is 11.3 Å². The van der Waals surface area contributed by atoms with Crippen LogP contribution in [0.25, 0.3) is 11.4 Å². The molecule has 4 rings (SSSR count). The van der Waals surface area contributed by atoms with Gasteiger partial charge in [0, 0.05) is 23.2 Å². The number of rotatable bonds is 6. The maximum atomic E-state index is 12.6. The lowest BCUT2D eigenvalue weighted by Crippen LogP contribution is -2.14. The molecule has 1 saturated carbocycles. The predicted molar refractivity (Wildman–Crippen MR) is 101 cm³/mol. The van der Waals surface area contributed by atoms with Gasteiger partial charge in [-0.3, -0.25) is 20.0 Å². The summed E-state index contributed by atoms with van der Waals surface area (Å²) in [7, 11) is 1.43. The SMILES string of the molecule is COc1ccc([N+](=O)[O-])c(C(=O)Nc2cccc(-c3n[nH]c(C4CC4)n3)c2)c1. The maximum absolute atomic E-state index is 12.6. The van der Waals surface area contributed by atoms with Crippen LogP contribution < -0.4 is 10.1 Å². The van der Waals surface area contributed by atoms with Crippen molar-refractivity contribution in [2.45, 2.75) is 18.8 Å². The van der Waals surface area contributed by atoms with Crippen LogP contribution in [0.1, 0.15) is 34.9 Å². The van der Waals surface area contributed by atoms with Gasteiger partial charge >= 0.3 is 0 Å². The Morgan fingerprint density at radius 2 is 2.11 bits per heavy atom. The molecule has 2 N–H and O–H groups in total. The number of hydrogen-bond acceptors (Lipinski definition) is 6. The first kappa shape index (κ1) is 17.7. The number of nitrogens with one attached hydrogen (secondary N) is 2. The summed E-state index contributed by atoms with van der Waals surface area (Å²) in [4.78, 5) is 27.8. The topological polar surface area (TPSA) is 123 Å². The van der Waals surface area contributed by atoms with E-state index >= 15 is 0 Å². The van der Waals surface area contributed by atoms with Crippen molar-refractivity contribution in [1.29, 1.82) is 0 Å². The molecule has 28 heavy (non-hydrogen) atoms. The number of nitrogens with zero attached hydrogens (tertiary/aromatic N) is 3. The first-order chi connectivity index (χ1) is 13.5. The number of anilines is 1. The molecule has 1 aliphatic rings.